The molecule has 0 aliphatic heterocycles. The molecule has 0 aliphatic carbocycles. The Morgan fingerprint density at radius 3 is 1.70 bits per heavy atom. The van der Waals surface area contributed by atoms with Crippen LogP contribution in [0.3, 0.4) is 0 Å². The molecule has 7 nitrogen and oxygen atoms in total. The zero-order chi connectivity index (χ0) is 23.6. The number of amides is 2. The second-order valence-electron chi connectivity index (χ2n) is 7.56. The van der Waals surface area contributed by atoms with Crippen LogP contribution in [-0.2, 0) is 9.59 Å². The molecule has 172 valence electrons. The molecule has 0 fully saturated rings. The number of carbonyl (C=O) groups is 2. The van der Waals surface area contributed by atoms with Gasteiger partial charge in [-0.1, -0.05) is 56.3 Å². The van der Waals surface area contributed by atoms with Crippen molar-refractivity contribution in [2.24, 2.45) is 0 Å². The highest BCUT2D eigenvalue weighted by molar-refractivity contribution is 6.00. The minimum absolute atomic E-state index is 0.150. The van der Waals surface area contributed by atoms with Crippen molar-refractivity contribution in [3.8, 4) is 17.2 Å². The molecule has 3 aromatic carbocycles. The van der Waals surface area contributed by atoms with Crippen LogP contribution >= 0.6 is 0 Å². The summed E-state index contributed by atoms with van der Waals surface area (Å²) in [6.45, 7) is 3.78. The van der Waals surface area contributed by atoms with E-state index in [2.05, 4.69) is 24.5 Å². The maximum Gasteiger partial charge on any atom is 0.262 e. The van der Waals surface area contributed by atoms with Gasteiger partial charge in [-0.2, -0.15) is 0 Å². The fourth-order valence-electron chi connectivity index (χ4n) is 3.19. The van der Waals surface area contributed by atoms with Crippen LogP contribution in [0.4, 0.5) is 11.4 Å². The van der Waals surface area contributed by atoms with Gasteiger partial charge in [0.1, 0.15) is 5.75 Å². The lowest BCUT2D eigenvalue weighted by molar-refractivity contribution is -0.119. The van der Waals surface area contributed by atoms with Gasteiger partial charge in [0.05, 0.1) is 18.5 Å². The summed E-state index contributed by atoms with van der Waals surface area (Å²) in [4.78, 5) is 24.9. The number of carbonyl (C=O) groups excluding carboxylic acids is 2. The summed E-state index contributed by atoms with van der Waals surface area (Å²) in [7, 11) is 1.53. The number of methoxy groups -OCH3 is 1. The van der Waals surface area contributed by atoms with E-state index in [1.54, 1.807) is 42.5 Å². The summed E-state index contributed by atoms with van der Waals surface area (Å²) in [5, 5.41) is 5.55. The van der Waals surface area contributed by atoms with Crippen LogP contribution < -0.4 is 24.8 Å². The Hall–Kier alpha value is -4.00. The molecule has 0 aromatic heterocycles. The lowest BCUT2D eigenvalue weighted by atomic mass is 10.0. The van der Waals surface area contributed by atoms with Gasteiger partial charge < -0.3 is 24.8 Å². The third-order valence-corrected chi connectivity index (χ3v) is 4.80. The maximum absolute atomic E-state index is 12.5. The molecular formula is C26H28N2O5. The molecular weight excluding hydrogens is 420 g/mol. The second-order valence-corrected chi connectivity index (χ2v) is 7.56. The van der Waals surface area contributed by atoms with E-state index < -0.39 is 0 Å². The Kier molecular flexibility index (Phi) is 8.30. The Morgan fingerprint density at radius 1 is 0.697 bits per heavy atom. The Balaban J connectivity index is 1.57. The number of hydrogen-bond donors (Lipinski definition) is 2. The molecule has 0 unspecified atom stereocenters. The van der Waals surface area contributed by atoms with E-state index in [1.807, 2.05) is 30.3 Å². The smallest absolute Gasteiger partial charge is 0.262 e. The average Bonchev–Trinajstić information content (AvgIpc) is 2.83. The highest BCUT2D eigenvalue weighted by atomic mass is 16.5. The van der Waals surface area contributed by atoms with Crippen LogP contribution in [0, 0.1) is 0 Å². The number of anilines is 2. The van der Waals surface area contributed by atoms with E-state index >= 15 is 0 Å². The van der Waals surface area contributed by atoms with Crippen LogP contribution in [0.15, 0.2) is 72.8 Å². The number of ether oxygens (including phenoxy) is 3. The highest BCUT2D eigenvalue weighted by Gasteiger charge is 2.13. The van der Waals surface area contributed by atoms with Crippen molar-refractivity contribution < 1.29 is 23.8 Å². The first-order valence-electron chi connectivity index (χ1n) is 10.6. The van der Waals surface area contributed by atoms with Crippen molar-refractivity contribution in [3.05, 3.63) is 78.4 Å². The minimum Gasteiger partial charge on any atom is -0.493 e. The summed E-state index contributed by atoms with van der Waals surface area (Å²) in [6, 6.07) is 21.7. The number of para-hydroxylation sites is 5. The van der Waals surface area contributed by atoms with Crippen LogP contribution in [0.5, 0.6) is 17.2 Å². The maximum atomic E-state index is 12.5. The number of rotatable bonds is 10. The lowest BCUT2D eigenvalue weighted by Gasteiger charge is -2.15. The van der Waals surface area contributed by atoms with Gasteiger partial charge in [0, 0.05) is 0 Å². The van der Waals surface area contributed by atoms with Crippen LogP contribution in [-0.4, -0.2) is 32.1 Å². The quantitative estimate of drug-likeness (QED) is 0.463. The highest BCUT2D eigenvalue weighted by Crippen LogP contribution is 2.27. The first kappa shape index (κ1) is 23.7. The predicted molar refractivity (Wildman–Crippen MR) is 128 cm³/mol. The monoisotopic (exact) mass is 448 g/mol. The SMILES string of the molecule is COc1ccccc1OCC(=O)Nc1ccccc1NC(=O)COc1ccccc1C(C)C. The molecule has 0 atom stereocenters. The number of benzene rings is 3. The fourth-order valence-corrected chi connectivity index (χ4v) is 3.19. The molecule has 3 rings (SSSR count). The topological polar surface area (TPSA) is 85.9 Å². The standard InChI is InChI=1S/C26H28N2O5/c1-18(2)19-10-4-7-13-22(19)32-16-25(29)27-20-11-5-6-12-21(20)28-26(30)17-33-24-15-9-8-14-23(24)31-3/h4-15,18H,16-17H2,1-3H3,(H,27,29)(H,28,30). The molecule has 7 heteroatoms. The van der Waals surface area contributed by atoms with E-state index in [9.17, 15) is 9.59 Å². The number of nitrogens with one attached hydrogen (secondary N) is 2. The molecule has 0 saturated carbocycles. The van der Waals surface area contributed by atoms with Crippen LogP contribution in [0.25, 0.3) is 0 Å². The molecule has 2 amide bonds. The third kappa shape index (κ3) is 6.74. The van der Waals surface area contributed by atoms with E-state index in [1.165, 1.54) is 7.11 Å². The van der Waals surface area contributed by atoms with Crippen molar-refractivity contribution >= 4 is 23.2 Å². The molecule has 0 radical (unpaired) electrons. The van der Waals surface area contributed by atoms with E-state index in [0.29, 0.717) is 28.6 Å². The van der Waals surface area contributed by atoms with Crippen molar-refractivity contribution in [2.45, 2.75) is 19.8 Å². The molecule has 0 spiro atoms. The van der Waals surface area contributed by atoms with E-state index in [-0.39, 0.29) is 30.9 Å². The van der Waals surface area contributed by atoms with Crippen LogP contribution in [0.1, 0.15) is 25.3 Å². The van der Waals surface area contributed by atoms with Crippen molar-refractivity contribution in [1.29, 1.82) is 0 Å². The lowest BCUT2D eigenvalue weighted by Crippen LogP contribution is -2.24. The summed E-state index contributed by atoms with van der Waals surface area (Å²) >= 11 is 0. The van der Waals surface area contributed by atoms with Gasteiger partial charge in [-0.15, -0.1) is 0 Å². The van der Waals surface area contributed by atoms with Gasteiger partial charge in [0.2, 0.25) is 0 Å². The summed E-state index contributed by atoms with van der Waals surface area (Å²) in [5.41, 5.74) is 1.96. The van der Waals surface area contributed by atoms with Gasteiger partial charge >= 0.3 is 0 Å². The predicted octanol–water partition coefficient (Wildman–Crippen LogP) is 4.85. The molecule has 2 N–H and O–H groups in total. The molecule has 0 aliphatic rings. The molecule has 0 heterocycles. The summed E-state index contributed by atoms with van der Waals surface area (Å²) < 4.78 is 16.5. The first-order chi connectivity index (χ1) is 16.0. The molecule has 0 bridgehead atoms. The zero-order valence-electron chi connectivity index (χ0n) is 19.0. The second kappa shape index (κ2) is 11.6. The van der Waals surface area contributed by atoms with Crippen molar-refractivity contribution in [2.75, 3.05) is 31.0 Å². The Labute approximate surface area is 193 Å². The normalized spacial score (nSPS) is 10.4. The number of hydrogen-bond acceptors (Lipinski definition) is 5. The molecule has 33 heavy (non-hydrogen) atoms. The molecule has 0 saturated heterocycles. The van der Waals surface area contributed by atoms with Crippen molar-refractivity contribution in [3.63, 3.8) is 0 Å². The summed E-state index contributed by atoms with van der Waals surface area (Å²) in [5.74, 6) is 1.26. The Morgan fingerprint density at radius 2 is 1.15 bits per heavy atom. The fraction of sp³-hybridized carbons (Fsp3) is 0.231. The third-order valence-electron chi connectivity index (χ3n) is 4.80. The van der Waals surface area contributed by atoms with E-state index in [4.69, 9.17) is 14.2 Å². The zero-order valence-corrected chi connectivity index (χ0v) is 19.0. The Bertz CT molecular complexity index is 1100. The van der Waals surface area contributed by atoms with E-state index in [0.717, 1.165) is 5.56 Å². The average molecular weight is 449 g/mol. The van der Waals surface area contributed by atoms with Gasteiger partial charge in [-0.05, 0) is 41.8 Å². The summed E-state index contributed by atoms with van der Waals surface area (Å²) in [6.07, 6.45) is 0. The first-order valence-corrected chi connectivity index (χ1v) is 10.6. The van der Waals surface area contributed by atoms with Crippen molar-refractivity contribution in [1.82, 2.24) is 0 Å². The van der Waals surface area contributed by atoms with Gasteiger partial charge in [0.15, 0.2) is 24.7 Å². The van der Waals surface area contributed by atoms with Gasteiger partial charge in [-0.3, -0.25) is 9.59 Å². The largest absolute Gasteiger partial charge is 0.493 e. The van der Waals surface area contributed by atoms with Crippen LogP contribution in [0.2, 0.25) is 0 Å². The van der Waals surface area contributed by atoms with Gasteiger partial charge in [-0.25, -0.2) is 0 Å². The molecule has 3 aromatic rings. The van der Waals surface area contributed by atoms with Gasteiger partial charge in [0.25, 0.3) is 11.8 Å². The minimum atomic E-state index is -0.371.